The second-order valence-corrected chi connectivity index (χ2v) is 3.72. The van der Waals surface area contributed by atoms with Crippen LogP contribution in [0.5, 0.6) is 0 Å². The van der Waals surface area contributed by atoms with Gasteiger partial charge in [-0.2, -0.15) is 4.39 Å². The number of nitro groups is 1. The highest BCUT2D eigenvalue weighted by Crippen LogP contribution is 2.34. The van der Waals surface area contributed by atoms with Crippen molar-refractivity contribution in [3.63, 3.8) is 0 Å². The first-order valence-corrected chi connectivity index (χ1v) is 4.51. The molecule has 0 amide bonds. The summed E-state index contributed by atoms with van der Waals surface area (Å²) >= 11 is 5.31. The van der Waals surface area contributed by atoms with Crippen molar-refractivity contribution in [2.45, 2.75) is 0 Å². The van der Waals surface area contributed by atoms with Gasteiger partial charge in [-0.05, 0) is 37.9 Å². The number of rotatable bonds is 1. The van der Waals surface area contributed by atoms with Gasteiger partial charge in [0.05, 0.1) is 9.40 Å². The molecule has 0 radical (unpaired) electrons. The van der Waals surface area contributed by atoms with Crippen LogP contribution in [0.2, 0.25) is 0 Å². The maximum Gasteiger partial charge on any atom is 0.321 e. The zero-order valence-corrected chi connectivity index (χ0v) is 9.02. The van der Waals surface area contributed by atoms with Crippen LogP contribution < -0.4 is 0 Å². The number of nitrogens with zero attached hydrogens (tertiary/aromatic N) is 1. The molecule has 0 heterocycles. The minimum atomic E-state index is -1.09. The molecule has 7 heteroatoms. The molecule has 0 bridgehead atoms. The van der Waals surface area contributed by atoms with Gasteiger partial charge in [-0.1, -0.05) is 0 Å². The van der Waals surface area contributed by atoms with Gasteiger partial charge in [0.2, 0.25) is 5.82 Å². The summed E-state index contributed by atoms with van der Waals surface area (Å²) in [4.78, 5) is 9.27. The summed E-state index contributed by atoms with van der Waals surface area (Å²) in [5.41, 5.74) is -0.902. The van der Waals surface area contributed by atoms with E-state index in [1.807, 2.05) is 0 Å². The Bertz CT molecular complexity index is 383. The Morgan fingerprint density at radius 1 is 1.38 bits per heavy atom. The fraction of sp³-hybridized carbons (Fsp3) is 0. The second kappa shape index (κ2) is 3.67. The van der Waals surface area contributed by atoms with E-state index < -0.39 is 26.7 Å². The van der Waals surface area contributed by atoms with Crippen LogP contribution in [-0.4, -0.2) is 4.92 Å². The Morgan fingerprint density at radius 3 is 2.38 bits per heavy atom. The van der Waals surface area contributed by atoms with E-state index in [0.717, 1.165) is 0 Å². The van der Waals surface area contributed by atoms with Gasteiger partial charge < -0.3 is 0 Å². The van der Waals surface area contributed by atoms with Crippen molar-refractivity contribution in [3.8, 4) is 0 Å². The van der Waals surface area contributed by atoms with Gasteiger partial charge in [-0.25, -0.2) is 4.39 Å². The van der Waals surface area contributed by atoms with Crippen molar-refractivity contribution < 1.29 is 13.7 Å². The van der Waals surface area contributed by atoms with E-state index in [0.29, 0.717) is 6.07 Å². The number of hydrogen-bond acceptors (Lipinski definition) is 2. The lowest BCUT2D eigenvalue weighted by Gasteiger charge is -2.00. The molecular weight excluding hydrogens is 316 g/mol. The maximum absolute atomic E-state index is 13.0. The van der Waals surface area contributed by atoms with Crippen molar-refractivity contribution in [3.05, 3.63) is 36.8 Å². The van der Waals surface area contributed by atoms with Gasteiger partial charge >= 0.3 is 5.69 Å². The second-order valence-electron chi connectivity index (χ2n) is 2.07. The zero-order valence-electron chi connectivity index (χ0n) is 5.85. The molecule has 0 atom stereocenters. The highest BCUT2D eigenvalue weighted by atomic mass is 79.9. The Hall–Kier alpha value is -0.560. The molecule has 1 aromatic carbocycles. The van der Waals surface area contributed by atoms with Crippen molar-refractivity contribution in [1.29, 1.82) is 0 Å². The third-order valence-corrected chi connectivity index (χ3v) is 2.57. The molecule has 0 saturated carbocycles. The summed E-state index contributed by atoms with van der Waals surface area (Å²) in [7, 11) is 0. The lowest BCUT2D eigenvalue weighted by molar-refractivity contribution is -0.388. The van der Waals surface area contributed by atoms with Crippen molar-refractivity contribution in [2.24, 2.45) is 0 Å². The Kier molecular flexibility index (Phi) is 2.97. The van der Waals surface area contributed by atoms with Crippen molar-refractivity contribution in [2.75, 3.05) is 0 Å². The molecule has 1 rings (SSSR count). The van der Waals surface area contributed by atoms with E-state index in [1.54, 1.807) is 0 Å². The van der Waals surface area contributed by atoms with E-state index in [4.69, 9.17) is 0 Å². The van der Waals surface area contributed by atoms with E-state index in [1.165, 1.54) is 0 Å². The molecule has 0 spiro atoms. The van der Waals surface area contributed by atoms with Gasteiger partial charge in [-0.3, -0.25) is 10.1 Å². The minimum Gasteiger partial charge on any atom is -0.258 e. The van der Waals surface area contributed by atoms with Gasteiger partial charge in [0.25, 0.3) is 0 Å². The number of halogens is 4. The van der Waals surface area contributed by atoms with E-state index in [9.17, 15) is 18.9 Å². The first-order valence-electron chi connectivity index (χ1n) is 2.92. The molecule has 13 heavy (non-hydrogen) atoms. The van der Waals surface area contributed by atoms with Gasteiger partial charge in [0.15, 0.2) is 5.82 Å². The van der Waals surface area contributed by atoms with Crippen LogP contribution in [0.25, 0.3) is 0 Å². The number of benzene rings is 1. The third-order valence-electron chi connectivity index (χ3n) is 1.27. The first-order chi connectivity index (χ1) is 5.95. The average molecular weight is 317 g/mol. The molecule has 0 aliphatic carbocycles. The molecule has 0 unspecified atom stereocenters. The fourth-order valence-corrected chi connectivity index (χ4v) is 1.94. The molecule has 1 aromatic rings. The Balaban J connectivity index is 3.53. The highest BCUT2D eigenvalue weighted by molar-refractivity contribution is 9.11. The van der Waals surface area contributed by atoms with Gasteiger partial charge in [-0.15, -0.1) is 0 Å². The molecule has 0 aliphatic heterocycles. The topological polar surface area (TPSA) is 43.1 Å². The molecule has 0 saturated heterocycles. The van der Waals surface area contributed by atoms with Gasteiger partial charge in [0, 0.05) is 0 Å². The SMILES string of the molecule is O=[N+]([O-])c1c(F)cc(Br)c(F)c1Br. The molecule has 70 valence electrons. The van der Waals surface area contributed by atoms with E-state index >= 15 is 0 Å². The minimum absolute atomic E-state index is 0.164. The molecule has 3 nitrogen and oxygen atoms in total. The molecule has 0 aliphatic rings. The lowest BCUT2D eigenvalue weighted by Crippen LogP contribution is -1.96. The van der Waals surface area contributed by atoms with Gasteiger partial charge in [0.1, 0.15) is 4.47 Å². The standard InChI is InChI=1S/C6HBr2F2NO2/c7-2-1-3(9)6(11(12)13)4(8)5(2)10/h1H. The monoisotopic (exact) mass is 315 g/mol. The third kappa shape index (κ3) is 1.86. The lowest BCUT2D eigenvalue weighted by atomic mass is 10.3. The predicted molar refractivity (Wildman–Crippen MR) is 48.4 cm³/mol. The average Bonchev–Trinajstić information content (AvgIpc) is 1.99. The highest BCUT2D eigenvalue weighted by Gasteiger charge is 2.24. The predicted octanol–water partition coefficient (Wildman–Crippen LogP) is 3.40. The summed E-state index contributed by atoms with van der Waals surface area (Å²) < 4.78 is 25.2. The smallest absolute Gasteiger partial charge is 0.258 e. The molecule has 0 aromatic heterocycles. The number of hydrogen-bond donors (Lipinski definition) is 0. The first kappa shape index (κ1) is 10.5. The largest absolute Gasteiger partial charge is 0.321 e. The van der Waals surface area contributed by atoms with Crippen LogP contribution >= 0.6 is 31.9 Å². The maximum atomic E-state index is 13.0. The van der Waals surface area contributed by atoms with Crippen molar-refractivity contribution in [1.82, 2.24) is 0 Å². The summed E-state index contributed by atoms with van der Waals surface area (Å²) in [6.07, 6.45) is 0. The van der Waals surface area contributed by atoms with E-state index in [-0.39, 0.29) is 4.47 Å². The molecule has 0 fully saturated rings. The molecular formula is C6HBr2F2NO2. The fourth-order valence-electron chi connectivity index (χ4n) is 0.724. The Morgan fingerprint density at radius 2 is 1.92 bits per heavy atom. The van der Waals surface area contributed by atoms with Crippen LogP contribution in [0.1, 0.15) is 0 Å². The summed E-state index contributed by atoms with van der Waals surface area (Å²) in [6, 6.07) is 0.707. The van der Waals surface area contributed by atoms with Crippen LogP contribution in [0.3, 0.4) is 0 Å². The van der Waals surface area contributed by atoms with Crippen molar-refractivity contribution >= 4 is 37.5 Å². The van der Waals surface area contributed by atoms with Crippen LogP contribution in [-0.2, 0) is 0 Å². The zero-order chi connectivity index (χ0) is 10.2. The van der Waals surface area contributed by atoms with Crippen LogP contribution in [0.15, 0.2) is 15.0 Å². The Labute approximate surface area is 88.2 Å². The summed E-state index contributed by atoms with van der Waals surface area (Å²) in [5.74, 6) is -1.99. The molecule has 0 N–H and O–H groups in total. The summed E-state index contributed by atoms with van der Waals surface area (Å²) in [6.45, 7) is 0. The van der Waals surface area contributed by atoms with E-state index in [2.05, 4.69) is 31.9 Å². The quantitative estimate of drug-likeness (QED) is 0.345. The normalized spacial score (nSPS) is 10.2. The summed E-state index contributed by atoms with van der Waals surface area (Å²) in [5, 5.41) is 10.3. The number of nitro benzene ring substituents is 1. The van der Waals surface area contributed by atoms with Crippen LogP contribution in [0.4, 0.5) is 14.5 Å². The van der Waals surface area contributed by atoms with Crippen LogP contribution in [0, 0.1) is 21.7 Å².